The molecule has 0 radical (unpaired) electrons. The molecule has 0 fully saturated rings. The van der Waals surface area contributed by atoms with Crippen molar-refractivity contribution in [1.29, 1.82) is 0 Å². The van der Waals surface area contributed by atoms with E-state index in [2.05, 4.69) is 92.3 Å². The molecule has 4 rings (SSSR count). The van der Waals surface area contributed by atoms with Crippen molar-refractivity contribution in [3.05, 3.63) is 65.5 Å². The van der Waals surface area contributed by atoms with Crippen LogP contribution in [-0.2, 0) is 24.3 Å². The van der Waals surface area contributed by atoms with Crippen LogP contribution in [0.2, 0.25) is 0 Å². The fourth-order valence-corrected chi connectivity index (χ4v) is 5.32. The van der Waals surface area contributed by atoms with E-state index in [1.807, 2.05) is 6.07 Å². The van der Waals surface area contributed by atoms with Crippen LogP contribution in [0.25, 0.3) is 21.9 Å². The second kappa shape index (κ2) is 14.5. The Kier molecular flexibility index (Phi) is 10.8. The lowest BCUT2D eigenvalue weighted by Crippen LogP contribution is -2.26. The summed E-state index contributed by atoms with van der Waals surface area (Å²) in [6.45, 7) is 12.2. The molecule has 4 aromatic rings. The third-order valence-electron chi connectivity index (χ3n) is 7.52. The molecule has 0 bridgehead atoms. The van der Waals surface area contributed by atoms with Gasteiger partial charge in [-0.1, -0.05) is 94.8 Å². The number of unbranched alkanes of at least 4 members (excludes halogenated alkanes) is 6. The van der Waals surface area contributed by atoms with Gasteiger partial charge in [0.05, 0.1) is 11.0 Å². The number of carbonyl (C=O) groups is 1. The monoisotopic (exact) mass is 555 g/mol. The Morgan fingerprint density at radius 2 is 1.51 bits per heavy atom. The highest BCUT2D eigenvalue weighted by molar-refractivity contribution is 6.07. The number of amides is 1. The third kappa shape index (κ3) is 8.54. The minimum absolute atomic E-state index is 0.129. The Labute approximate surface area is 246 Å². The number of para-hydroxylation sites is 1. The van der Waals surface area contributed by atoms with Gasteiger partial charge in [-0.15, -0.1) is 0 Å². The summed E-state index contributed by atoms with van der Waals surface area (Å²) in [7, 11) is 0. The molecule has 220 valence electrons. The Bertz CT molecular complexity index is 1410. The van der Waals surface area contributed by atoms with Gasteiger partial charge in [0.2, 0.25) is 5.91 Å². The summed E-state index contributed by atoms with van der Waals surface area (Å²) in [4.78, 5) is 22.5. The number of pyridine rings is 1. The van der Waals surface area contributed by atoms with Crippen molar-refractivity contribution in [2.45, 2.75) is 117 Å². The number of carbonyl (C=O) groups excluding carboxylic acids is 1. The Morgan fingerprint density at radius 3 is 2.24 bits per heavy atom. The van der Waals surface area contributed by atoms with E-state index in [1.54, 1.807) is 0 Å². The first-order valence-corrected chi connectivity index (χ1v) is 15.7. The fourth-order valence-electron chi connectivity index (χ4n) is 5.32. The Balaban J connectivity index is 1.52. The highest BCUT2D eigenvalue weighted by Gasteiger charge is 2.21. The van der Waals surface area contributed by atoms with E-state index in [0.29, 0.717) is 13.0 Å². The van der Waals surface area contributed by atoms with Crippen molar-refractivity contribution in [3.63, 3.8) is 0 Å². The predicted molar refractivity (Wildman–Crippen MR) is 172 cm³/mol. The molecule has 0 aliphatic rings. The number of hydrogen-bond acceptors (Lipinski definition) is 4. The summed E-state index contributed by atoms with van der Waals surface area (Å²) in [5, 5.41) is 7.84. The molecule has 0 saturated heterocycles. The molecular formula is C35H49N5O. The lowest BCUT2D eigenvalue weighted by molar-refractivity contribution is -0.121. The molecule has 2 aromatic heterocycles. The van der Waals surface area contributed by atoms with Gasteiger partial charge in [-0.2, -0.15) is 0 Å². The summed E-state index contributed by atoms with van der Waals surface area (Å²) in [6, 6.07) is 17.0. The van der Waals surface area contributed by atoms with E-state index in [9.17, 15) is 4.79 Å². The second-order valence-electron chi connectivity index (χ2n) is 12.4. The van der Waals surface area contributed by atoms with Crippen LogP contribution in [0, 0.1) is 0 Å². The first-order valence-electron chi connectivity index (χ1n) is 15.7. The lowest BCUT2D eigenvalue weighted by atomic mass is 10.1. The molecule has 2 N–H and O–H groups in total. The number of anilines is 1. The van der Waals surface area contributed by atoms with Crippen LogP contribution in [0.5, 0.6) is 0 Å². The molecule has 1 amide bonds. The van der Waals surface area contributed by atoms with Gasteiger partial charge >= 0.3 is 0 Å². The van der Waals surface area contributed by atoms with Crippen molar-refractivity contribution in [1.82, 2.24) is 19.9 Å². The minimum Gasteiger partial charge on any atom is -0.364 e. The van der Waals surface area contributed by atoms with Gasteiger partial charge < -0.3 is 15.2 Å². The maximum Gasteiger partial charge on any atom is 0.220 e. The third-order valence-corrected chi connectivity index (χ3v) is 7.52. The Hall–Kier alpha value is -3.41. The molecule has 0 unspecified atom stereocenters. The SMILES string of the molecule is CCCCCCCCC(=O)NCc1ccc(Cn2c(CCCC)nc3c(NC(C)(C)C)nc4ccccc4c32)cc1. The number of fused-ring (bicyclic) bond motifs is 3. The number of aromatic nitrogens is 3. The van der Waals surface area contributed by atoms with E-state index in [1.165, 1.54) is 31.2 Å². The van der Waals surface area contributed by atoms with E-state index >= 15 is 0 Å². The van der Waals surface area contributed by atoms with Gasteiger partial charge in [0.1, 0.15) is 11.3 Å². The Morgan fingerprint density at radius 1 is 0.829 bits per heavy atom. The maximum atomic E-state index is 12.3. The molecule has 2 heterocycles. The zero-order chi connectivity index (χ0) is 29.2. The fraction of sp³-hybridized carbons (Fsp3) is 0.514. The van der Waals surface area contributed by atoms with Crippen molar-refractivity contribution in [3.8, 4) is 0 Å². The quantitative estimate of drug-likeness (QED) is 0.144. The molecule has 41 heavy (non-hydrogen) atoms. The van der Waals surface area contributed by atoms with Crippen LogP contribution in [0.15, 0.2) is 48.5 Å². The van der Waals surface area contributed by atoms with Crippen LogP contribution in [-0.4, -0.2) is 26.0 Å². The topological polar surface area (TPSA) is 71.8 Å². The number of nitrogens with one attached hydrogen (secondary N) is 2. The molecule has 0 aliphatic heterocycles. The number of rotatable bonds is 15. The summed E-state index contributed by atoms with van der Waals surface area (Å²) in [5.74, 6) is 2.09. The summed E-state index contributed by atoms with van der Waals surface area (Å²) >= 11 is 0. The highest BCUT2D eigenvalue weighted by atomic mass is 16.1. The first-order chi connectivity index (χ1) is 19.8. The second-order valence-corrected chi connectivity index (χ2v) is 12.4. The number of benzene rings is 2. The summed E-state index contributed by atoms with van der Waals surface area (Å²) < 4.78 is 2.39. The molecular weight excluding hydrogens is 506 g/mol. The van der Waals surface area contributed by atoms with E-state index < -0.39 is 0 Å². The van der Waals surface area contributed by atoms with Crippen molar-refractivity contribution < 1.29 is 4.79 Å². The number of hydrogen-bond donors (Lipinski definition) is 2. The average Bonchev–Trinajstić information content (AvgIpc) is 3.31. The highest BCUT2D eigenvalue weighted by Crippen LogP contribution is 2.32. The van der Waals surface area contributed by atoms with Crippen LogP contribution in [0.3, 0.4) is 0 Å². The predicted octanol–water partition coefficient (Wildman–Crippen LogP) is 8.55. The van der Waals surface area contributed by atoms with Gasteiger partial charge in [-0.25, -0.2) is 9.97 Å². The molecule has 0 aliphatic carbocycles. The van der Waals surface area contributed by atoms with Crippen LogP contribution in [0.4, 0.5) is 5.82 Å². The molecule has 0 spiro atoms. The maximum absolute atomic E-state index is 12.3. The molecule has 6 nitrogen and oxygen atoms in total. The van der Waals surface area contributed by atoms with Crippen LogP contribution >= 0.6 is 0 Å². The van der Waals surface area contributed by atoms with E-state index in [4.69, 9.17) is 9.97 Å². The van der Waals surface area contributed by atoms with E-state index in [-0.39, 0.29) is 11.4 Å². The van der Waals surface area contributed by atoms with E-state index in [0.717, 1.165) is 77.8 Å². The van der Waals surface area contributed by atoms with Gasteiger partial charge in [-0.3, -0.25) is 4.79 Å². The number of nitrogens with zero attached hydrogens (tertiary/aromatic N) is 3. The van der Waals surface area contributed by atoms with Crippen LogP contribution in [0.1, 0.15) is 109 Å². The van der Waals surface area contributed by atoms with Crippen molar-refractivity contribution >= 4 is 33.7 Å². The van der Waals surface area contributed by atoms with Gasteiger partial charge in [0.25, 0.3) is 0 Å². The molecule has 2 aromatic carbocycles. The standard InChI is InChI=1S/C35H49N5O/c1-6-8-10-11-12-13-19-31(41)36-24-26-20-22-27(23-21-26)25-40-30(18-9-7-2)38-32-33(40)28-16-14-15-17-29(28)37-34(32)39-35(3,4)5/h14-17,20-23H,6-13,18-19,24-25H2,1-5H3,(H,36,41)(H,37,39). The number of imidazole rings is 1. The van der Waals surface area contributed by atoms with Crippen LogP contribution < -0.4 is 10.6 Å². The first kappa shape index (κ1) is 30.5. The molecule has 6 heteroatoms. The largest absolute Gasteiger partial charge is 0.364 e. The van der Waals surface area contributed by atoms with Gasteiger partial charge in [-0.05, 0) is 50.8 Å². The normalized spacial score (nSPS) is 11.8. The van der Waals surface area contributed by atoms with Crippen molar-refractivity contribution in [2.75, 3.05) is 5.32 Å². The van der Waals surface area contributed by atoms with Gasteiger partial charge in [0, 0.05) is 36.9 Å². The number of aryl methyl sites for hydroxylation is 1. The summed E-state index contributed by atoms with van der Waals surface area (Å²) in [5.41, 5.74) is 5.26. The zero-order valence-corrected chi connectivity index (χ0v) is 25.9. The van der Waals surface area contributed by atoms with Crippen molar-refractivity contribution in [2.24, 2.45) is 0 Å². The zero-order valence-electron chi connectivity index (χ0n) is 25.9. The smallest absolute Gasteiger partial charge is 0.220 e. The lowest BCUT2D eigenvalue weighted by Gasteiger charge is -2.22. The summed E-state index contributed by atoms with van der Waals surface area (Å²) in [6.07, 6.45) is 10.9. The molecule has 0 atom stereocenters. The molecule has 0 saturated carbocycles. The van der Waals surface area contributed by atoms with Gasteiger partial charge in [0.15, 0.2) is 5.82 Å². The minimum atomic E-state index is -0.129. The average molecular weight is 556 g/mol.